The Labute approximate surface area is 194 Å². The summed E-state index contributed by atoms with van der Waals surface area (Å²) in [5, 5.41) is 3.63. The summed E-state index contributed by atoms with van der Waals surface area (Å²) in [5.74, 6) is 1.27. The number of fused-ring (bicyclic) bond motifs is 1. The molecule has 0 bridgehead atoms. The summed E-state index contributed by atoms with van der Waals surface area (Å²) in [5.41, 5.74) is 2.37. The first-order valence-corrected chi connectivity index (χ1v) is 12.2. The number of amides is 1. The molecule has 1 atom stereocenters. The normalized spacial score (nSPS) is 16.3. The van der Waals surface area contributed by atoms with Crippen LogP contribution < -0.4 is 9.47 Å². The van der Waals surface area contributed by atoms with Gasteiger partial charge in [0, 0.05) is 17.5 Å². The number of likely N-dealkylation sites (tertiary alicyclic amines) is 1. The third-order valence-corrected chi connectivity index (χ3v) is 7.74. The van der Waals surface area contributed by atoms with Gasteiger partial charge in [0.25, 0.3) is 5.91 Å². The Bertz CT molecular complexity index is 1230. The first-order chi connectivity index (χ1) is 15.7. The molecule has 1 aliphatic rings. The summed E-state index contributed by atoms with van der Waals surface area (Å²) in [6.45, 7) is 0.725. The molecule has 0 radical (unpaired) electrons. The number of piperidine rings is 1. The molecule has 8 heteroatoms. The number of benzene rings is 2. The van der Waals surface area contributed by atoms with Gasteiger partial charge in [-0.05, 0) is 49.6 Å². The van der Waals surface area contributed by atoms with Crippen LogP contribution in [0.5, 0.6) is 11.5 Å². The fourth-order valence-corrected chi connectivity index (χ4v) is 5.99. The Morgan fingerprint density at radius 2 is 1.91 bits per heavy atom. The van der Waals surface area contributed by atoms with Crippen molar-refractivity contribution in [1.29, 1.82) is 0 Å². The van der Waals surface area contributed by atoms with Gasteiger partial charge in [0.1, 0.15) is 15.7 Å². The predicted octanol–water partition coefficient (Wildman–Crippen LogP) is 5.80. The van der Waals surface area contributed by atoms with Crippen LogP contribution >= 0.6 is 22.7 Å². The second-order valence-electron chi connectivity index (χ2n) is 7.64. The number of thiazole rings is 2. The number of carbonyl (C=O) groups is 1. The van der Waals surface area contributed by atoms with Crippen LogP contribution in [0.1, 0.15) is 40.8 Å². The van der Waals surface area contributed by atoms with Crippen molar-refractivity contribution in [2.45, 2.75) is 25.3 Å². The Morgan fingerprint density at radius 3 is 2.72 bits per heavy atom. The summed E-state index contributed by atoms with van der Waals surface area (Å²) in [7, 11) is 3.22. The molecule has 5 rings (SSSR count). The lowest BCUT2D eigenvalue weighted by molar-refractivity contribution is 0.0606. The van der Waals surface area contributed by atoms with E-state index in [9.17, 15) is 4.79 Å². The summed E-state index contributed by atoms with van der Waals surface area (Å²) >= 11 is 3.14. The molecule has 2 aromatic heterocycles. The van der Waals surface area contributed by atoms with E-state index in [0.29, 0.717) is 17.2 Å². The van der Waals surface area contributed by atoms with Crippen molar-refractivity contribution in [3.05, 3.63) is 58.5 Å². The lowest BCUT2D eigenvalue weighted by Crippen LogP contribution is -2.38. The minimum absolute atomic E-state index is 0.000111. The number of hydrogen-bond acceptors (Lipinski definition) is 7. The number of aromatic nitrogens is 2. The Hall–Kier alpha value is -2.97. The van der Waals surface area contributed by atoms with Gasteiger partial charge in [-0.2, -0.15) is 0 Å². The van der Waals surface area contributed by atoms with Gasteiger partial charge in [-0.1, -0.05) is 12.1 Å². The van der Waals surface area contributed by atoms with E-state index >= 15 is 0 Å². The SMILES string of the molecule is COc1ccc(-c2nc(C(=O)N3CCCCC3c3nc4ccccc4s3)cs2)cc1OC. The molecule has 4 aromatic rings. The number of carbonyl (C=O) groups excluding carboxylic acids is 1. The van der Waals surface area contributed by atoms with E-state index in [-0.39, 0.29) is 11.9 Å². The maximum atomic E-state index is 13.5. The monoisotopic (exact) mass is 465 g/mol. The maximum Gasteiger partial charge on any atom is 0.273 e. The van der Waals surface area contributed by atoms with Crippen molar-refractivity contribution in [2.75, 3.05) is 20.8 Å². The van der Waals surface area contributed by atoms with Crippen molar-refractivity contribution in [3.63, 3.8) is 0 Å². The molecular weight excluding hydrogens is 442 g/mol. The van der Waals surface area contributed by atoms with Crippen LogP contribution in [-0.2, 0) is 0 Å². The smallest absolute Gasteiger partial charge is 0.273 e. The first-order valence-electron chi connectivity index (χ1n) is 10.5. The zero-order chi connectivity index (χ0) is 22.1. The first kappa shape index (κ1) is 20.9. The standard InChI is InChI=1S/C24H23N3O3S2/c1-29-19-11-10-15(13-20(19)30-2)22-26-17(14-31-22)24(28)27-12-6-5-8-18(27)23-25-16-7-3-4-9-21(16)32-23/h3-4,7,9-11,13-14,18H,5-6,8,12H2,1-2H3. The lowest BCUT2D eigenvalue weighted by Gasteiger charge is -2.34. The molecule has 1 unspecified atom stereocenters. The molecule has 0 aliphatic carbocycles. The van der Waals surface area contributed by atoms with Gasteiger partial charge in [-0.3, -0.25) is 4.79 Å². The van der Waals surface area contributed by atoms with Gasteiger partial charge in [-0.15, -0.1) is 22.7 Å². The van der Waals surface area contributed by atoms with Crippen molar-refractivity contribution in [1.82, 2.24) is 14.9 Å². The number of rotatable bonds is 5. The molecule has 32 heavy (non-hydrogen) atoms. The largest absolute Gasteiger partial charge is 0.493 e. The summed E-state index contributed by atoms with van der Waals surface area (Å²) < 4.78 is 11.9. The Morgan fingerprint density at radius 1 is 1.06 bits per heavy atom. The highest BCUT2D eigenvalue weighted by Crippen LogP contribution is 2.37. The van der Waals surface area contributed by atoms with Crippen LogP contribution in [0, 0.1) is 0 Å². The fraction of sp³-hybridized carbons (Fsp3) is 0.292. The topological polar surface area (TPSA) is 64.5 Å². The average Bonchev–Trinajstić information content (AvgIpc) is 3.51. The van der Waals surface area contributed by atoms with E-state index < -0.39 is 0 Å². The molecular formula is C24H23N3O3S2. The van der Waals surface area contributed by atoms with Gasteiger partial charge in [0.15, 0.2) is 11.5 Å². The van der Waals surface area contributed by atoms with Crippen molar-refractivity contribution < 1.29 is 14.3 Å². The van der Waals surface area contributed by atoms with Gasteiger partial charge in [-0.25, -0.2) is 9.97 Å². The minimum atomic E-state index is -0.0306. The summed E-state index contributed by atoms with van der Waals surface area (Å²) in [6, 6.07) is 13.8. The van der Waals surface area contributed by atoms with Gasteiger partial charge in [0.2, 0.25) is 0 Å². The molecule has 0 N–H and O–H groups in total. The number of nitrogens with zero attached hydrogens (tertiary/aromatic N) is 3. The van der Waals surface area contributed by atoms with E-state index in [0.717, 1.165) is 51.6 Å². The third-order valence-electron chi connectivity index (χ3n) is 5.71. The molecule has 1 fully saturated rings. The van der Waals surface area contributed by atoms with E-state index in [1.807, 2.05) is 46.7 Å². The van der Waals surface area contributed by atoms with E-state index in [2.05, 4.69) is 11.1 Å². The summed E-state index contributed by atoms with van der Waals surface area (Å²) in [6.07, 6.45) is 3.02. The number of para-hydroxylation sites is 1. The molecule has 0 saturated carbocycles. The highest BCUT2D eigenvalue weighted by molar-refractivity contribution is 7.18. The zero-order valence-corrected chi connectivity index (χ0v) is 19.5. The second-order valence-corrected chi connectivity index (χ2v) is 9.56. The highest BCUT2D eigenvalue weighted by atomic mass is 32.1. The van der Waals surface area contributed by atoms with Crippen LogP contribution in [-0.4, -0.2) is 41.5 Å². The Balaban J connectivity index is 1.42. The molecule has 3 heterocycles. The number of ether oxygens (including phenoxy) is 2. The predicted molar refractivity (Wildman–Crippen MR) is 128 cm³/mol. The molecule has 1 saturated heterocycles. The molecule has 164 valence electrons. The van der Waals surface area contributed by atoms with Crippen LogP contribution in [0.25, 0.3) is 20.8 Å². The van der Waals surface area contributed by atoms with E-state index in [4.69, 9.17) is 14.5 Å². The van der Waals surface area contributed by atoms with Gasteiger partial charge in [0.05, 0.1) is 30.5 Å². The van der Waals surface area contributed by atoms with Crippen molar-refractivity contribution >= 4 is 38.8 Å². The minimum Gasteiger partial charge on any atom is -0.493 e. The molecule has 2 aromatic carbocycles. The van der Waals surface area contributed by atoms with Crippen LogP contribution in [0.15, 0.2) is 47.8 Å². The average molecular weight is 466 g/mol. The highest BCUT2D eigenvalue weighted by Gasteiger charge is 2.32. The van der Waals surface area contributed by atoms with Crippen LogP contribution in [0.4, 0.5) is 0 Å². The van der Waals surface area contributed by atoms with Crippen molar-refractivity contribution in [2.24, 2.45) is 0 Å². The van der Waals surface area contributed by atoms with Crippen molar-refractivity contribution in [3.8, 4) is 22.1 Å². The molecule has 1 amide bonds. The van der Waals surface area contributed by atoms with E-state index in [1.165, 1.54) is 11.3 Å². The summed E-state index contributed by atoms with van der Waals surface area (Å²) in [4.78, 5) is 24.9. The molecule has 6 nitrogen and oxygen atoms in total. The van der Waals surface area contributed by atoms with E-state index in [1.54, 1.807) is 25.6 Å². The maximum absolute atomic E-state index is 13.5. The fourth-order valence-electron chi connectivity index (χ4n) is 4.08. The quantitative estimate of drug-likeness (QED) is 0.372. The van der Waals surface area contributed by atoms with Crippen LogP contribution in [0.2, 0.25) is 0 Å². The number of methoxy groups -OCH3 is 2. The lowest BCUT2D eigenvalue weighted by atomic mass is 10.0. The zero-order valence-electron chi connectivity index (χ0n) is 17.9. The second kappa shape index (κ2) is 8.88. The molecule has 1 aliphatic heterocycles. The third kappa shape index (κ3) is 3.84. The Kier molecular flexibility index (Phi) is 5.80. The van der Waals surface area contributed by atoms with Gasteiger partial charge < -0.3 is 14.4 Å². The van der Waals surface area contributed by atoms with Crippen LogP contribution in [0.3, 0.4) is 0 Å². The van der Waals surface area contributed by atoms with Gasteiger partial charge >= 0.3 is 0 Å². The molecule has 0 spiro atoms. The number of hydrogen-bond donors (Lipinski definition) is 0.